The molecule has 104 valence electrons. The van der Waals surface area contributed by atoms with Crippen molar-refractivity contribution in [2.75, 3.05) is 13.7 Å². The Morgan fingerprint density at radius 3 is 3.11 bits per heavy atom. The van der Waals surface area contributed by atoms with Crippen LogP contribution in [0.15, 0.2) is 22.9 Å². The van der Waals surface area contributed by atoms with Gasteiger partial charge < -0.3 is 9.84 Å². The van der Waals surface area contributed by atoms with Gasteiger partial charge in [-0.05, 0) is 46.9 Å². The lowest BCUT2D eigenvalue weighted by Gasteiger charge is -2.36. The highest BCUT2D eigenvalue weighted by Crippen LogP contribution is 2.22. The zero-order chi connectivity index (χ0) is 13.8. The maximum Gasteiger partial charge on any atom is 0.325 e. The summed E-state index contributed by atoms with van der Waals surface area (Å²) in [6, 6.07) is 1.38. The minimum Gasteiger partial charge on any atom is -0.468 e. The SMILES string of the molecule is COC(=O)C1C(O)CCCN1Cc1cncc(Br)c1. The molecule has 19 heavy (non-hydrogen) atoms. The van der Waals surface area contributed by atoms with Crippen molar-refractivity contribution in [3.8, 4) is 0 Å². The third-order valence-corrected chi connectivity index (χ3v) is 3.73. The number of esters is 1. The molecule has 2 heterocycles. The van der Waals surface area contributed by atoms with E-state index in [1.54, 1.807) is 12.4 Å². The van der Waals surface area contributed by atoms with Crippen molar-refractivity contribution in [3.63, 3.8) is 0 Å². The minimum atomic E-state index is -0.665. The van der Waals surface area contributed by atoms with E-state index in [4.69, 9.17) is 4.74 Å². The van der Waals surface area contributed by atoms with Crippen LogP contribution in [0, 0.1) is 0 Å². The fourth-order valence-corrected chi connectivity index (χ4v) is 2.84. The van der Waals surface area contributed by atoms with Crippen LogP contribution in [-0.4, -0.2) is 46.8 Å². The van der Waals surface area contributed by atoms with Crippen molar-refractivity contribution < 1.29 is 14.6 Å². The second-order valence-electron chi connectivity index (χ2n) is 4.66. The number of likely N-dealkylation sites (tertiary alicyclic amines) is 1. The Kier molecular flexibility index (Phi) is 4.90. The van der Waals surface area contributed by atoms with Crippen LogP contribution in [0.5, 0.6) is 0 Å². The Morgan fingerprint density at radius 1 is 1.63 bits per heavy atom. The van der Waals surface area contributed by atoms with Gasteiger partial charge in [0.15, 0.2) is 0 Å². The number of aliphatic hydroxyl groups is 1. The van der Waals surface area contributed by atoms with Crippen LogP contribution >= 0.6 is 15.9 Å². The van der Waals surface area contributed by atoms with Crippen LogP contribution in [0.25, 0.3) is 0 Å². The molecule has 0 spiro atoms. The average Bonchev–Trinajstić information content (AvgIpc) is 2.38. The van der Waals surface area contributed by atoms with E-state index >= 15 is 0 Å². The largest absolute Gasteiger partial charge is 0.468 e. The van der Waals surface area contributed by atoms with Gasteiger partial charge in [-0.25, -0.2) is 0 Å². The van der Waals surface area contributed by atoms with Crippen molar-refractivity contribution in [1.82, 2.24) is 9.88 Å². The van der Waals surface area contributed by atoms with Crippen LogP contribution in [0.3, 0.4) is 0 Å². The second kappa shape index (κ2) is 6.45. The standard InChI is InChI=1S/C13H17BrN2O3/c1-19-13(18)12-11(17)3-2-4-16(12)8-9-5-10(14)7-15-6-9/h5-7,11-12,17H,2-4,8H2,1H3. The number of piperidine rings is 1. The van der Waals surface area contributed by atoms with Crippen molar-refractivity contribution in [3.05, 3.63) is 28.5 Å². The van der Waals surface area contributed by atoms with Gasteiger partial charge in [0, 0.05) is 23.4 Å². The zero-order valence-corrected chi connectivity index (χ0v) is 12.3. The summed E-state index contributed by atoms with van der Waals surface area (Å²) in [5.41, 5.74) is 0.998. The summed E-state index contributed by atoms with van der Waals surface area (Å²) in [4.78, 5) is 17.9. The Morgan fingerprint density at radius 2 is 2.42 bits per heavy atom. The topological polar surface area (TPSA) is 62.7 Å². The van der Waals surface area contributed by atoms with E-state index in [9.17, 15) is 9.90 Å². The quantitative estimate of drug-likeness (QED) is 0.848. The molecule has 6 heteroatoms. The van der Waals surface area contributed by atoms with Gasteiger partial charge in [-0.1, -0.05) is 0 Å². The van der Waals surface area contributed by atoms with E-state index in [1.807, 2.05) is 11.0 Å². The van der Waals surface area contributed by atoms with Crippen molar-refractivity contribution in [2.45, 2.75) is 31.5 Å². The van der Waals surface area contributed by atoms with E-state index in [0.29, 0.717) is 13.0 Å². The maximum atomic E-state index is 11.8. The molecule has 1 aromatic rings. The first kappa shape index (κ1) is 14.4. The number of aromatic nitrogens is 1. The van der Waals surface area contributed by atoms with Gasteiger partial charge in [0.2, 0.25) is 0 Å². The van der Waals surface area contributed by atoms with E-state index in [-0.39, 0.29) is 5.97 Å². The Balaban J connectivity index is 2.14. The number of nitrogens with zero attached hydrogens (tertiary/aromatic N) is 2. The monoisotopic (exact) mass is 328 g/mol. The molecule has 1 fully saturated rings. The van der Waals surface area contributed by atoms with E-state index in [2.05, 4.69) is 20.9 Å². The van der Waals surface area contributed by atoms with Crippen LogP contribution in [0.1, 0.15) is 18.4 Å². The Bertz CT molecular complexity index is 455. The summed E-state index contributed by atoms with van der Waals surface area (Å²) < 4.78 is 5.69. The summed E-state index contributed by atoms with van der Waals surface area (Å²) in [6.07, 6.45) is 4.32. The molecule has 1 aliphatic heterocycles. The number of rotatable bonds is 3. The summed E-state index contributed by atoms with van der Waals surface area (Å²) >= 11 is 3.37. The third kappa shape index (κ3) is 3.52. The minimum absolute atomic E-state index is 0.379. The summed E-state index contributed by atoms with van der Waals surface area (Å²) in [7, 11) is 1.35. The van der Waals surface area contributed by atoms with Crippen LogP contribution < -0.4 is 0 Å². The molecule has 5 nitrogen and oxygen atoms in total. The smallest absolute Gasteiger partial charge is 0.325 e. The number of hydrogen-bond donors (Lipinski definition) is 1. The van der Waals surface area contributed by atoms with Crippen LogP contribution in [0.4, 0.5) is 0 Å². The predicted octanol–water partition coefficient (Wildman–Crippen LogP) is 1.34. The first-order valence-electron chi connectivity index (χ1n) is 6.21. The van der Waals surface area contributed by atoms with Gasteiger partial charge in [0.1, 0.15) is 6.04 Å². The van der Waals surface area contributed by atoms with Gasteiger partial charge in [0.25, 0.3) is 0 Å². The van der Waals surface area contributed by atoms with Crippen molar-refractivity contribution in [2.24, 2.45) is 0 Å². The first-order chi connectivity index (χ1) is 9.11. The molecule has 2 atom stereocenters. The number of carbonyl (C=O) groups excluding carboxylic acids is 1. The predicted molar refractivity (Wildman–Crippen MR) is 73.4 cm³/mol. The van der Waals surface area contributed by atoms with Crippen molar-refractivity contribution >= 4 is 21.9 Å². The molecule has 1 N–H and O–H groups in total. The highest BCUT2D eigenvalue weighted by atomic mass is 79.9. The number of aliphatic hydroxyl groups excluding tert-OH is 1. The number of methoxy groups -OCH3 is 1. The average molecular weight is 329 g/mol. The molecule has 2 unspecified atom stereocenters. The summed E-state index contributed by atoms with van der Waals surface area (Å²) in [5.74, 6) is -0.379. The Labute approximate surface area is 120 Å². The fourth-order valence-electron chi connectivity index (χ4n) is 2.42. The molecule has 1 aliphatic rings. The second-order valence-corrected chi connectivity index (χ2v) is 5.58. The number of ether oxygens (including phenoxy) is 1. The van der Waals surface area contributed by atoms with E-state index < -0.39 is 12.1 Å². The number of hydrogen-bond acceptors (Lipinski definition) is 5. The lowest BCUT2D eigenvalue weighted by atomic mass is 9.98. The van der Waals surface area contributed by atoms with Gasteiger partial charge >= 0.3 is 5.97 Å². The lowest BCUT2D eigenvalue weighted by molar-refractivity contribution is -0.154. The molecule has 0 radical (unpaired) electrons. The molecule has 0 amide bonds. The summed E-state index contributed by atoms with van der Waals surface area (Å²) in [5, 5.41) is 10.0. The lowest BCUT2D eigenvalue weighted by Crippen LogP contribution is -2.52. The van der Waals surface area contributed by atoms with Gasteiger partial charge in [-0.2, -0.15) is 0 Å². The third-order valence-electron chi connectivity index (χ3n) is 3.29. The highest BCUT2D eigenvalue weighted by Gasteiger charge is 2.36. The molecule has 1 saturated heterocycles. The zero-order valence-electron chi connectivity index (χ0n) is 10.8. The molecule has 1 aromatic heterocycles. The molecule has 0 aromatic carbocycles. The van der Waals surface area contributed by atoms with Gasteiger partial charge in [-0.3, -0.25) is 14.7 Å². The molecule has 0 saturated carbocycles. The van der Waals surface area contributed by atoms with Gasteiger partial charge in [-0.15, -0.1) is 0 Å². The molecule has 0 aliphatic carbocycles. The van der Waals surface area contributed by atoms with E-state index in [0.717, 1.165) is 23.0 Å². The van der Waals surface area contributed by atoms with Crippen LogP contribution in [0.2, 0.25) is 0 Å². The van der Waals surface area contributed by atoms with Gasteiger partial charge in [0.05, 0.1) is 13.2 Å². The normalized spacial score (nSPS) is 24.2. The molecular weight excluding hydrogens is 312 g/mol. The Hall–Kier alpha value is -0.980. The van der Waals surface area contributed by atoms with E-state index in [1.165, 1.54) is 7.11 Å². The maximum absolute atomic E-state index is 11.8. The highest BCUT2D eigenvalue weighted by molar-refractivity contribution is 9.10. The summed E-state index contributed by atoms with van der Waals surface area (Å²) in [6.45, 7) is 1.34. The fraction of sp³-hybridized carbons (Fsp3) is 0.538. The molecular formula is C13H17BrN2O3. The molecule has 0 bridgehead atoms. The number of carbonyl (C=O) groups is 1. The molecule has 2 rings (SSSR count). The van der Waals surface area contributed by atoms with Crippen molar-refractivity contribution in [1.29, 1.82) is 0 Å². The number of pyridine rings is 1. The van der Waals surface area contributed by atoms with Crippen LogP contribution in [-0.2, 0) is 16.1 Å². The number of halogens is 1. The first-order valence-corrected chi connectivity index (χ1v) is 7.00.